The number of anilines is 1. The normalized spacial score (nSPS) is 21.7. The van der Waals surface area contributed by atoms with Crippen LogP contribution < -0.4 is 9.64 Å². The lowest BCUT2D eigenvalue weighted by Crippen LogP contribution is -2.63. The summed E-state index contributed by atoms with van der Waals surface area (Å²) in [5, 5.41) is 13.2. The topological polar surface area (TPSA) is 72.7 Å². The van der Waals surface area contributed by atoms with Crippen molar-refractivity contribution in [2.75, 3.05) is 37.7 Å². The van der Waals surface area contributed by atoms with E-state index in [0.717, 1.165) is 49.5 Å². The third-order valence-corrected chi connectivity index (χ3v) is 10.9. The highest BCUT2D eigenvalue weighted by atomic mass is 35.5. The molecule has 0 N–H and O–H groups in total. The molecular formula is C36H32ClF2N5O2. The second kappa shape index (κ2) is 10.9. The number of benzene rings is 3. The summed E-state index contributed by atoms with van der Waals surface area (Å²) in [5.41, 5.74) is 2.18. The van der Waals surface area contributed by atoms with Gasteiger partial charge in [0.1, 0.15) is 24.1 Å². The van der Waals surface area contributed by atoms with Gasteiger partial charge in [-0.25, -0.2) is 13.8 Å². The van der Waals surface area contributed by atoms with Crippen molar-refractivity contribution < 1.29 is 18.3 Å². The lowest BCUT2D eigenvalue weighted by molar-refractivity contribution is -0.130. The summed E-state index contributed by atoms with van der Waals surface area (Å²) in [4.78, 5) is 23.4. The number of ether oxygens (including phenoxy) is 1. The van der Waals surface area contributed by atoms with E-state index in [0.29, 0.717) is 58.9 Å². The first-order chi connectivity index (χ1) is 22.3. The summed E-state index contributed by atoms with van der Waals surface area (Å²) in [6.07, 6.45) is 4.87. The predicted molar refractivity (Wildman–Crippen MR) is 174 cm³/mol. The van der Waals surface area contributed by atoms with Gasteiger partial charge in [0.15, 0.2) is 5.83 Å². The Hall–Kier alpha value is -4.26. The second-order valence-corrected chi connectivity index (χ2v) is 13.3. The fourth-order valence-electron chi connectivity index (χ4n) is 8.42. The van der Waals surface area contributed by atoms with Crippen LogP contribution in [0.2, 0.25) is 5.02 Å². The summed E-state index contributed by atoms with van der Waals surface area (Å²) in [7, 11) is 0. The molecule has 4 aliphatic heterocycles. The number of likely N-dealkylation sites (tertiary alicyclic amines) is 1. The van der Waals surface area contributed by atoms with Crippen molar-refractivity contribution in [3.8, 4) is 23.1 Å². The molecule has 0 saturated carbocycles. The van der Waals surface area contributed by atoms with E-state index >= 15 is 4.39 Å². The van der Waals surface area contributed by atoms with Crippen molar-refractivity contribution in [3.05, 3.63) is 77.3 Å². The minimum Gasteiger partial charge on any atom is -0.475 e. The Labute approximate surface area is 270 Å². The molecule has 1 aromatic heterocycles. The number of halogens is 3. The molecule has 0 spiro atoms. The van der Waals surface area contributed by atoms with Gasteiger partial charge in [-0.05, 0) is 74.3 Å². The Kier molecular flexibility index (Phi) is 6.93. The number of aromatic nitrogens is 1. The number of hydrogen-bond donors (Lipinski definition) is 0. The lowest BCUT2D eigenvalue weighted by atomic mass is 9.92. The number of pyridine rings is 1. The summed E-state index contributed by atoms with van der Waals surface area (Å²) in [6.45, 7) is 6.43. The van der Waals surface area contributed by atoms with Crippen LogP contribution in [0, 0.1) is 17.1 Å². The largest absolute Gasteiger partial charge is 0.475 e. The summed E-state index contributed by atoms with van der Waals surface area (Å²) < 4.78 is 36.6. The predicted octanol–water partition coefficient (Wildman–Crippen LogP) is 7.00. The van der Waals surface area contributed by atoms with Crippen LogP contribution in [0.3, 0.4) is 0 Å². The molecule has 2 atom stereocenters. The van der Waals surface area contributed by atoms with Gasteiger partial charge in [0.2, 0.25) is 5.88 Å². The molecule has 7 nitrogen and oxygen atoms in total. The van der Waals surface area contributed by atoms with Crippen molar-refractivity contribution in [2.45, 2.75) is 49.7 Å². The van der Waals surface area contributed by atoms with Crippen LogP contribution in [-0.2, 0) is 4.79 Å². The maximum atomic E-state index is 16.3. The summed E-state index contributed by atoms with van der Waals surface area (Å²) in [6, 6.07) is 16.3. The van der Waals surface area contributed by atoms with Crippen molar-refractivity contribution in [3.63, 3.8) is 0 Å². The molecule has 0 bridgehead atoms. The Morgan fingerprint density at radius 3 is 2.61 bits per heavy atom. The smallest absolute Gasteiger partial charge is 0.282 e. The molecule has 8 rings (SSSR count). The standard InChI is InChI=1S/C36H32ClF2N5O2/c1-21(38)35(45)43-15-10-30-31(43)19-44(30)33-25-16-28(39)24(23-8-2-6-22-7-3-9-27(37)32(22)23)17-29(25)41-34(26(33)18-40)46-20-36-11-4-13-42(36)14-5-12-36/h2-3,6-9,16-17,30-31H,1,4-5,10-15,19-20H2/t30-,31-/m1/s1. The number of carbonyl (C=O) groups excluding carboxylic acids is 1. The van der Waals surface area contributed by atoms with Gasteiger partial charge in [-0.1, -0.05) is 48.5 Å². The first-order valence-electron chi connectivity index (χ1n) is 15.8. The van der Waals surface area contributed by atoms with Crippen molar-refractivity contribution in [1.82, 2.24) is 14.8 Å². The van der Waals surface area contributed by atoms with Gasteiger partial charge in [-0.15, -0.1) is 0 Å². The van der Waals surface area contributed by atoms with Gasteiger partial charge in [0.05, 0.1) is 28.8 Å². The first-order valence-corrected chi connectivity index (χ1v) is 16.2. The second-order valence-electron chi connectivity index (χ2n) is 12.9. The number of nitriles is 1. The SMILES string of the molecule is C=C(F)C(=O)N1CC[C@@H]2[C@H]1CN2c1c(C#N)c(OCC23CCCN2CCC3)nc2cc(-c3cccc4cccc(Cl)c34)c(F)cc12. The van der Waals surface area contributed by atoms with Crippen molar-refractivity contribution in [1.29, 1.82) is 5.26 Å². The third kappa shape index (κ3) is 4.38. The van der Waals surface area contributed by atoms with E-state index in [-0.39, 0.29) is 29.1 Å². The van der Waals surface area contributed by atoms with Crippen molar-refractivity contribution >= 4 is 44.9 Å². The molecule has 234 valence electrons. The Morgan fingerprint density at radius 2 is 1.87 bits per heavy atom. The Morgan fingerprint density at radius 1 is 1.11 bits per heavy atom. The van der Waals surface area contributed by atoms with Gasteiger partial charge in [-0.3, -0.25) is 9.69 Å². The Bertz CT molecular complexity index is 1980. The van der Waals surface area contributed by atoms with Crippen LogP contribution in [0.25, 0.3) is 32.8 Å². The van der Waals surface area contributed by atoms with Crippen molar-refractivity contribution in [2.24, 2.45) is 0 Å². The molecule has 1 amide bonds. The molecule has 0 radical (unpaired) electrons. The van der Waals surface area contributed by atoms with Crippen LogP contribution in [0.5, 0.6) is 5.88 Å². The number of carbonyl (C=O) groups is 1. The molecule has 3 aromatic carbocycles. The zero-order valence-corrected chi connectivity index (χ0v) is 26.0. The van der Waals surface area contributed by atoms with E-state index < -0.39 is 17.6 Å². The molecule has 4 aromatic rings. The minimum atomic E-state index is -0.989. The number of fused-ring (bicyclic) bond motifs is 4. The molecular weight excluding hydrogens is 608 g/mol. The highest BCUT2D eigenvalue weighted by molar-refractivity contribution is 6.36. The third-order valence-electron chi connectivity index (χ3n) is 10.6. The molecule has 0 aliphatic carbocycles. The van der Waals surface area contributed by atoms with E-state index in [2.05, 4.69) is 17.5 Å². The van der Waals surface area contributed by atoms with Crippen LogP contribution in [-0.4, -0.2) is 71.1 Å². The molecule has 4 fully saturated rings. The molecule has 10 heteroatoms. The fourth-order valence-corrected chi connectivity index (χ4v) is 8.71. The zero-order chi connectivity index (χ0) is 31.7. The molecule has 4 aliphatic rings. The average molecular weight is 640 g/mol. The maximum Gasteiger partial charge on any atom is 0.282 e. The maximum absolute atomic E-state index is 16.3. The first kappa shape index (κ1) is 29.2. The average Bonchev–Trinajstić information content (AvgIpc) is 3.72. The minimum absolute atomic E-state index is 0.0693. The van der Waals surface area contributed by atoms with E-state index in [9.17, 15) is 14.4 Å². The molecule has 0 unspecified atom stereocenters. The van der Waals surface area contributed by atoms with E-state index in [1.165, 1.54) is 11.0 Å². The molecule has 4 saturated heterocycles. The van der Waals surface area contributed by atoms with E-state index in [1.807, 2.05) is 35.2 Å². The van der Waals surface area contributed by atoms with E-state index in [1.54, 1.807) is 12.1 Å². The fraction of sp³-hybridized carbons (Fsp3) is 0.361. The van der Waals surface area contributed by atoms with Gasteiger partial charge in [-0.2, -0.15) is 5.26 Å². The van der Waals surface area contributed by atoms with Crippen LogP contribution in [0.4, 0.5) is 14.5 Å². The lowest BCUT2D eigenvalue weighted by Gasteiger charge is -2.48. The summed E-state index contributed by atoms with van der Waals surface area (Å²) in [5.74, 6) is -1.95. The van der Waals surface area contributed by atoms with E-state index in [4.69, 9.17) is 21.3 Å². The van der Waals surface area contributed by atoms with Crippen LogP contribution in [0.15, 0.2) is 60.9 Å². The molecule has 5 heterocycles. The number of hydrogen-bond acceptors (Lipinski definition) is 6. The number of amides is 1. The molecule has 46 heavy (non-hydrogen) atoms. The van der Waals surface area contributed by atoms with Gasteiger partial charge >= 0.3 is 0 Å². The Balaban J connectivity index is 1.27. The van der Waals surface area contributed by atoms with Gasteiger partial charge in [0.25, 0.3) is 5.91 Å². The highest BCUT2D eigenvalue weighted by Crippen LogP contribution is 2.46. The zero-order valence-electron chi connectivity index (χ0n) is 25.2. The quantitative estimate of drug-likeness (QED) is 0.212. The number of rotatable bonds is 6. The summed E-state index contributed by atoms with van der Waals surface area (Å²) >= 11 is 6.63. The van der Waals surface area contributed by atoms with Crippen LogP contribution >= 0.6 is 11.6 Å². The van der Waals surface area contributed by atoms with Gasteiger partial charge < -0.3 is 14.5 Å². The monoisotopic (exact) mass is 639 g/mol. The highest BCUT2D eigenvalue weighted by Gasteiger charge is 2.51. The van der Waals surface area contributed by atoms with Gasteiger partial charge in [0, 0.05) is 34.4 Å². The van der Waals surface area contributed by atoms with Crippen LogP contribution in [0.1, 0.15) is 37.7 Å². The number of nitrogens with zero attached hydrogens (tertiary/aromatic N) is 5.